The third kappa shape index (κ3) is 5.24. The monoisotopic (exact) mass is 520 g/mol. The average Bonchev–Trinajstić information content (AvgIpc) is 3.19. The van der Waals surface area contributed by atoms with E-state index in [4.69, 9.17) is 23.7 Å². The maximum absolute atomic E-state index is 12.9. The number of benzene rings is 2. The van der Waals surface area contributed by atoms with E-state index in [1.807, 2.05) is 6.07 Å². The van der Waals surface area contributed by atoms with Crippen molar-refractivity contribution in [3.8, 4) is 34.1 Å². The standard InChI is InChI=1S/C28H28N2O8/c1-34-23-12-10-19-20(14-22(23)31)21(29-28(32)38-15-16-5-8-18(30-33)9-6-16)11-7-17-13-24(35-2)26(36-3)27(37-4)25(17)19/h5-6,8-10,12-14,21H,7,11,15H2,1-4H3,(H,29,32). The Bertz CT molecular complexity index is 1410. The zero-order chi connectivity index (χ0) is 27.2. The predicted molar refractivity (Wildman–Crippen MR) is 141 cm³/mol. The Morgan fingerprint density at radius 2 is 1.63 bits per heavy atom. The van der Waals surface area contributed by atoms with E-state index in [0.717, 1.165) is 11.1 Å². The number of rotatable bonds is 8. The van der Waals surface area contributed by atoms with Crippen LogP contribution in [-0.4, -0.2) is 34.5 Å². The number of methoxy groups -OCH3 is 4. The summed E-state index contributed by atoms with van der Waals surface area (Å²) in [7, 11) is 6.04. The van der Waals surface area contributed by atoms with E-state index in [2.05, 4.69) is 10.5 Å². The van der Waals surface area contributed by atoms with Crippen LogP contribution in [0.4, 0.5) is 10.5 Å². The van der Waals surface area contributed by atoms with E-state index < -0.39 is 12.1 Å². The van der Waals surface area contributed by atoms with E-state index in [-0.39, 0.29) is 23.5 Å². The quantitative estimate of drug-likeness (QED) is 0.409. The van der Waals surface area contributed by atoms with Gasteiger partial charge < -0.3 is 29.0 Å². The number of amides is 1. The van der Waals surface area contributed by atoms with Crippen LogP contribution in [0, 0.1) is 4.91 Å². The number of carbonyl (C=O) groups is 1. The fourth-order valence-electron chi connectivity index (χ4n) is 4.60. The summed E-state index contributed by atoms with van der Waals surface area (Å²) in [5, 5.41) is 5.76. The van der Waals surface area contributed by atoms with E-state index in [9.17, 15) is 14.5 Å². The Morgan fingerprint density at radius 1 is 0.921 bits per heavy atom. The van der Waals surface area contributed by atoms with Gasteiger partial charge >= 0.3 is 6.09 Å². The molecule has 1 aliphatic rings. The maximum atomic E-state index is 12.9. The summed E-state index contributed by atoms with van der Waals surface area (Å²) < 4.78 is 27.6. The van der Waals surface area contributed by atoms with Crippen molar-refractivity contribution < 1.29 is 28.5 Å². The molecule has 0 heterocycles. The number of carbonyl (C=O) groups excluding carboxylic acids is 1. The molecule has 3 aromatic rings. The molecule has 1 atom stereocenters. The number of nitrogens with zero attached hydrogens (tertiary/aromatic N) is 1. The minimum Gasteiger partial charge on any atom is -0.493 e. The first-order valence-electron chi connectivity index (χ1n) is 11.8. The maximum Gasteiger partial charge on any atom is 0.407 e. The van der Waals surface area contributed by atoms with Gasteiger partial charge in [0.2, 0.25) is 11.2 Å². The Kier molecular flexibility index (Phi) is 8.10. The number of nitroso groups, excluding NO2 is 1. The second kappa shape index (κ2) is 11.6. The van der Waals surface area contributed by atoms with Gasteiger partial charge in [-0.15, -0.1) is 4.91 Å². The molecule has 10 nitrogen and oxygen atoms in total. The van der Waals surface area contributed by atoms with E-state index >= 15 is 0 Å². The molecule has 0 saturated heterocycles. The highest BCUT2D eigenvalue weighted by atomic mass is 16.5. The highest BCUT2D eigenvalue weighted by Gasteiger charge is 2.30. The van der Waals surface area contributed by atoms with Crippen LogP contribution in [0.2, 0.25) is 0 Å². The molecule has 1 amide bonds. The summed E-state index contributed by atoms with van der Waals surface area (Å²) in [5.41, 5.74) is 3.55. The molecule has 4 rings (SSSR count). The lowest BCUT2D eigenvalue weighted by Gasteiger charge is -2.20. The fraction of sp³-hybridized carbons (Fsp3) is 0.286. The Labute approximate surface area is 219 Å². The van der Waals surface area contributed by atoms with Crippen molar-refractivity contribution in [1.29, 1.82) is 0 Å². The number of hydrogen-bond acceptors (Lipinski definition) is 9. The number of ether oxygens (including phenoxy) is 5. The van der Waals surface area contributed by atoms with Crippen molar-refractivity contribution in [3.05, 3.63) is 80.4 Å². The van der Waals surface area contributed by atoms with Gasteiger partial charge in [-0.3, -0.25) is 4.79 Å². The third-order valence-corrected chi connectivity index (χ3v) is 6.42. The SMILES string of the molecule is COc1cc2c(c(OC)c1OC)-c1ccc(OC)c(=O)cc1C(NC(=O)OCc1ccc(N=O)cc1)CC2. The number of fused-ring (bicyclic) bond motifs is 3. The number of hydrogen-bond donors (Lipinski definition) is 1. The Balaban J connectivity index is 1.74. The van der Waals surface area contributed by atoms with Crippen molar-refractivity contribution in [2.45, 2.75) is 25.5 Å². The zero-order valence-corrected chi connectivity index (χ0v) is 21.5. The summed E-state index contributed by atoms with van der Waals surface area (Å²) in [4.78, 5) is 36.4. The minimum absolute atomic E-state index is 0.00378. The molecule has 0 bridgehead atoms. The van der Waals surface area contributed by atoms with Gasteiger partial charge in [0.1, 0.15) is 12.3 Å². The average molecular weight is 521 g/mol. The van der Waals surface area contributed by atoms with Crippen LogP contribution in [0.15, 0.2) is 58.5 Å². The van der Waals surface area contributed by atoms with E-state index in [0.29, 0.717) is 46.8 Å². The van der Waals surface area contributed by atoms with Gasteiger partial charge in [-0.2, -0.15) is 0 Å². The van der Waals surface area contributed by atoms with Gasteiger partial charge in [0, 0.05) is 5.56 Å². The molecule has 1 unspecified atom stereocenters. The number of aryl methyl sites for hydroxylation is 1. The zero-order valence-electron chi connectivity index (χ0n) is 21.5. The van der Waals surface area contributed by atoms with Gasteiger partial charge in [-0.25, -0.2) is 4.79 Å². The summed E-state index contributed by atoms with van der Waals surface area (Å²) >= 11 is 0. The molecule has 198 valence electrons. The Hall–Kier alpha value is -4.60. The van der Waals surface area contributed by atoms with Gasteiger partial charge in [0.25, 0.3) is 0 Å². The molecule has 3 aromatic carbocycles. The molecular weight excluding hydrogens is 492 g/mol. The minimum atomic E-state index is -0.655. The van der Waals surface area contributed by atoms with Crippen molar-refractivity contribution >= 4 is 11.8 Å². The third-order valence-electron chi connectivity index (χ3n) is 6.42. The lowest BCUT2D eigenvalue weighted by Crippen LogP contribution is -2.29. The van der Waals surface area contributed by atoms with Crippen LogP contribution in [0.25, 0.3) is 11.1 Å². The van der Waals surface area contributed by atoms with Gasteiger partial charge in [-0.1, -0.05) is 18.2 Å². The molecule has 0 aliphatic heterocycles. The van der Waals surface area contributed by atoms with Crippen LogP contribution >= 0.6 is 0 Å². The lowest BCUT2D eigenvalue weighted by atomic mass is 9.95. The first-order chi connectivity index (χ1) is 18.4. The van der Waals surface area contributed by atoms with Crippen molar-refractivity contribution in [1.82, 2.24) is 5.32 Å². The summed E-state index contributed by atoms with van der Waals surface area (Å²) in [6.07, 6.45) is 0.359. The fourth-order valence-corrected chi connectivity index (χ4v) is 4.60. The topological polar surface area (TPSA) is 122 Å². The molecule has 0 aromatic heterocycles. The van der Waals surface area contributed by atoms with Crippen LogP contribution < -0.4 is 29.7 Å². The summed E-state index contributed by atoms with van der Waals surface area (Å²) in [5.74, 6) is 1.54. The van der Waals surface area contributed by atoms with E-state index in [1.165, 1.54) is 27.4 Å². The second-order valence-electron chi connectivity index (χ2n) is 8.53. The van der Waals surface area contributed by atoms with E-state index in [1.54, 1.807) is 43.5 Å². The molecule has 38 heavy (non-hydrogen) atoms. The smallest absolute Gasteiger partial charge is 0.407 e. The van der Waals surface area contributed by atoms with Crippen LogP contribution in [0.5, 0.6) is 23.0 Å². The summed E-state index contributed by atoms with van der Waals surface area (Å²) in [6, 6.07) is 12.6. The number of nitrogens with one attached hydrogen (secondary N) is 1. The van der Waals surface area contributed by atoms with Crippen LogP contribution in [0.3, 0.4) is 0 Å². The predicted octanol–water partition coefficient (Wildman–Crippen LogP) is 5.06. The molecule has 1 N–H and O–H groups in total. The largest absolute Gasteiger partial charge is 0.493 e. The van der Waals surface area contributed by atoms with Gasteiger partial charge in [0.15, 0.2) is 17.2 Å². The van der Waals surface area contributed by atoms with Crippen molar-refractivity contribution in [3.63, 3.8) is 0 Å². The van der Waals surface area contributed by atoms with Crippen molar-refractivity contribution in [2.75, 3.05) is 28.4 Å². The molecule has 0 spiro atoms. The van der Waals surface area contributed by atoms with Gasteiger partial charge in [0.05, 0.1) is 34.5 Å². The first kappa shape index (κ1) is 26.5. The molecular formula is C28H28N2O8. The highest BCUT2D eigenvalue weighted by Crippen LogP contribution is 2.50. The summed E-state index contributed by atoms with van der Waals surface area (Å²) in [6.45, 7) is -0.00378. The second-order valence-corrected chi connectivity index (χ2v) is 8.53. The Morgan fingerprint density at radius 3 is 2.26 bits per heavy atom. The molecule has 10 heteroatoms. The molecule has 0 saturated carbocycles. The first-order valence-corrected chi connectivity index (χ1v) is 11.8. The van der Waals surface area contributed by atoms with Crippen LogP contribution in [-0.2, 0) is 17.8 Å². The van der Waals surface area contributed by atoms with Crippen LogP contribution in [0.1, 0.15) is 29.2 Å². The molecule has 0 fully saturated rings. The van der Waals surface area contributed by atoms with Gasteiger partial charge in [-0.05, 0) is 70.6 Å². The normalized spacial score (nSPS) is 13.7. The number of alkyl carbamates (subject to hydrolysis) is 1. The molecule has 1 aliphatic carbocycles. The molecule has 0 radical (unpaired) electrons. The lowest BCUT2D eigenvalue weighted by molar-refractivity contribution is 0.135. The highest BCUT2D eigenvalue weighted by molar-refractivity contribution is 5.83. The van der Waals surface area contributed by atoms with Crippen molar-refractivity contribution in [2.24, 2.45) is 5.18 Å².